The summed E-state index contributed by atoms with van der Waals surface area (Å²) < 4.78 is 77.6. The van der Waals surface area contributed by atoms with E-state index in [9.17, 15) is 35.9 Å². The van der Waals surface area contributed by atoms with Crippen molar-refractivity contribution < 1.29 is 35.9 Å². The molecule has 0 spiro atoms. The first-order valence-corrected chi connectivity index (χ1v) is 16.2. The largest absolute Gasteiger partial charge is 0.405 e. The number of likely N-dealkylation sites (tertiary alicyclic amines) is 1. The summed E-state index contributed by atoms with van der Waals surface area (Å²) >= 11 is 0.593. The second-order valence-corrected chi connectivity index (χ2v) is 12.8. The summed E-state index contributed by atoms with van der Waals surface area (Å²) in [7, 11) is 0. The lowest BCUT2D eigenvalue weighted by atomic mass is 9.73. The fourth-order valence-corrected chi connectivity index (χ4v) is 7.32. The van der Waals surface area contributed by atoms with Crippen molar-refractivity contribution in [2.75, 3.05) is 31.9 Å². The van der Waals surface area contributed by atoms with E-state index in [1.807, 2.05) is 36.4 Å². The van der Waals surface area contributed by atoms with E-state index in [-0.39, 0.29) is 16.5 Å². The average molecular weight is 664 g/mol. The maximum Gasteiger partial charge on any atom is 0.405 e. The summed E-state index contributed by atoms with van der Waals surface area (Å²) in [6.45, 7) is 0.735. The van der Waals surface area contributed by atoms with Gasteiger partial charge in [0, 0.05) is 24.0 Å². The number of hydrogen-bond donors (Lipinski definition) is 2. The zero-order chi connectivity index (χ0) is 33.0. The number of unbranched alkanes of at least 4 members (excludes halogenated alkanes) is 1. The number of carbonyl (C=O) groups is 2. The summed E-state index contributed by atoms with van der Waals surface area (Å²) in [5, 5.41) is 5.14. The smallest absolute Gasteiger partial charge is 0.349 e. The highest BCUT2D eigenvalue weighted by Crippen LogP contribution is 2.51. The molecule has 2 aliphatic rings. The van der Waals surface area contributed by atoms with Gasteiger partial charge in [0.15, 0.2) is 0 Å². The van der Waals surface area contributed by atoms with E-state index in [1.54, 1.807) is 24.3 Å². The predicted octanol–water partition coefficient (Wildman–Crippen LogP) is 7.35. The van der Waals surface area contributed by atoms with Crippen LogP contribution in [0.1, 0.15) is 53.6 Å². The lowest BCUT2D eigenvalue weighted by Crippen LogP contribution is -2.47. The van der Waals surface area contributed by atoms with Crippen molar-refractivity contribution in [3.05, 3.63) is 89.5 Å². The number of hydrogen-bond acceptors (Lipinski definition) is 4. The molecule has 1 saturated heterocycles. The number of thioether (sulfide) groups is 1. The highest BCUT2D eigenvalue weighted by atomic mass is 32.2. The number of carbonyl (C=O) groups excluding carboxylic acids is 2. The second-order valence-electron chi connectivity index (χ2n) is 11.7. The van der Waals surface area contributed by atoms with Crippen molar-refractivity contribution in [3.8, 4) is 11.1 Å². The molecule has 2 N–H and O–H groups in total. The molecule has 0 bridgehead atoms. The number of amides is 2. The van der Waals surface area contributed by atoms with Crippen molar-refractivity contribution in [1.29, 1.82) is 0 Å². The number of fused-ring (bicyclic) bond motifs is 3. The molecule has 0 aromatic heterocycles. The molecule has 1 aliphatic carbocycles. The normalized spacial score (nSPS) is 16.5. The number of halogens is 6. The Morgan fingerprint density at radius 1 is 0.804 bits per heavy atom. The van der Waals surface area contributed by atoms with Gasteiger partial charge in [0.25, 0.3) is 5.91 Å². The Hall–Kier alpha value is -3.51. The van der Waals surface area contributed by atoms with Crippen molar-refractivity contribution in [2.24, 2.45) is 0 Å². The lowest BCUT2D eigenvalue weighted by Gasteiger charge is -2.33. The highest BCUT2D eigenvalue weighted by Gasteiger charge is 2.49. The Labute approximate surface area is 268 Å². The molecule has 0 radical (unpaired) electrons. The summed E-state index contributed by atoms with van der Waals surface area (Å²) in [6, 6.07) is 20.9. The lowest BCUT2D eigenvalue weighted by molar-refractivity contribution is -0.141. The van der Waals surface area contributed by atoms with Crippen LogP contribution in [0.5, 0.6) is 0 Å². The quantitative estimate of drug-likeness (QED) is 0.128. The van der Waals surface area contributed by atoms with Crippen LogP contribution >= 0.6 is 11.8 Å². The van der Waals surface area contributed by atoms with Gasteiger partial charge in [-0.3, -0.25) is 9.59 Å². The first-order chi connectivity index (χ1) is 21.9. The third-order valence-corrected chi connectivity index (χ3v) is 9.76. The van der Waals surface area contributed by atoms with E-state index in [4.69, 9.17) is 0 Å². The molecule has 0 unspecified atom stereocenters. The zero-order valence-electron chi connectivity index (χ0n) is 25.0. The van der Waals surface area contributed by atoms with Crippen LogP contribution in [0.2, 0.25) is 0 Å². The molecule has 246 valence electrons. The monoisotopic (exact) mass is 663 g/mol. The first-order valence-electron chi connectivity index (χ1n) is 15.2. The molecule has 3 aromatic carbocycles. The van der Waals surface area contributed by atoms with Gasteiger partial charge in [-0.05, 0) is 66.6 Å². The summed E-state index contributed by atoms with van der Waals surface area (Å²) in [4.78, 5) is 29.1. The van der Waals surface area contributed by atoms with Gasteiger partial charge in [0.2, 0.25) is 5.91 Å². The van der Waals surface area contributed by atoms with Crippen LogP contribution < -0.4 is 10.6 Å². The van der Waals surface area contributed by atoms with E-state index in [2.05, 4.69) is 15.5 Å². The topological polar surface area (TPSA) is 61.4 Å². The molecule has 1 fully saturated rings. The van der Waals surface area contributed by atoms with Gasteiger partial charge < -0.3 is 15.5 Å². The Bertz CT molecular complexity index is 1490. The summed E-state index contributed by atoms with van der Waals surface area (Å²) in [5.41, 5.74) is 2.13. The van der Waals surface area contributed by atoms with Gasteiger partial charge in [-0.2, -0.15) is 26.3 Å². The molecule has 2 amide bonds. The highest BCUT2D eigenvalue weighted by molar-refractivity contribution is 7.99. The second kappa shape index (κ2) is 14.1. The molecule has 0 atom stereocenters. The van der Waals surface area contributed by atoms with E-state index in [0.717, 1.165) is 24.1 Å². The minimum Gasteiger partial charge on any atom is -0.349 e. The van der Waals surface area contributed by atoms with Crippen LogP contribution in [-0.2, 0) is 10.2 Å². The van der Waals surface area contributed by atoms with Crippen molar-refractivity contribution in [3.63, 3.8) is 0 Å². The molecular formula is C34H35F6N3O2S. The maximum atomic E-state index is 13.7. The maximum absolute atomic E-state index is 13.7. The van der Waals surface area contributed by atoms with Crippen molar-refractivity contribution >= 4 is 23.6 Å². The summed E-state index contributed by atoms with van der Waals surface area (Å²) in [6.07, 6.45) is -5.85. The number of nitrogens with zero attached hydrogens (tertiary/aromatic N) is 1. The van der Waals surface area contributed by atoms with Crippen LogP contribution in [0.15, 0.2) is 77.7 Å². The molecule has 5 nitrogen and oxygen atoms in total. The minimum absolute atomic E-state index is 0.114. The van der Waals surface area contributed by atoms with Gasteiger partial charge in [-0.1, -0.05) is 67.1 Å². The van der Waals surface area contributed by atoms with Crippen LogP contribution in [0, 0.1) is 0 Å². The first kappa shape index (κ1) is 33.8. The van der Waals surface area contributed by atoms with E-state index in [1.165, 1.54) is 12.1 Å². The molecule has 0 saturated carbocycles. The molecule has 1 aliphatic heterocycles. The van der Waals surface area contributed by atoms with E-state index < -0.39 is 41.9 Å². The number of rotatable bonds is 11. The Kier molecular flexibility index (Phi) is 10.4. The fourth-order valence-electron chi connectivity index (χ4n) is 6.51. The third kappa shape index (κ3) is 7.88. The molecule has 3 aromatic rings. The van der Waals surface area contributed by atoms with Gasteiger partial charge in [-0.25, -0.2) is 0 Å². The fraction of sp³-hybridized carbons (Fsp3) is 0.412. The van der Waals surface area contributed by atoms with Crippen LogP contribution in [0.3, 0.4) is 0 Å². The third-order valence-electron chi connectivity index (χ3n) is 8.62. The van der Waals surface area contributed by atoms with Crippen molar-refractivity contribution in [2.45, 2.75) is 60.8 Å². The van der Waals surface area contributed by atoms with Gasteiger partial charge in [0.1, 0.15) is 12.0 Å². The minimum atomic E-state index is -4.53. The van der Waals surface area contributed by atoms with Crippen LogP contribution in [-0.4, -0.2) is 67.0 Å². The van der Waals surface area contributed by atoms with Crippen molar-refractivity contribution in [1.82, 2.24) is 15.5 Å². The zero-order valence-corrected chi connectivity index (χ0v) is 25.8. The molecule has 46 heavy (non-hydrogen) atoms. The Balaban J connectivity index is 1.17. The predicted molar refractivity (Wildman–Crippen MR) is 166 cm³/mol. The molecular weight excluding hydrogens is 628 g/mol. The van der Waals surface area contributed by atoms with Gasteiger partial charge in [0.05, 0.1) is 11.3 Å². The molecule has 5 rings (SSSR count). The standard InChI is InChI=1S/C34H35F6N3O2S/c35-33(36,37)21-41-31(45)32(27-12-4-1-9-24(27)25-10-2-5-13-28(25)32)17-7-8-18-43-19-15-23(16-20-43)42-30(44)26-11-3-6-14-29(26)46-22-34(38,39)40/h1-6,9-14,23H,7-8,15-22H2,(H,41,45)(H,42,44). The SMILES string of the molecule is O=C(NC1CCN(CCCCC2(C(=O)NCC(F)(F)F)c3ccccc3-c3ccccc32)CC1)c1ccccc1SCC(F)(F)F. The van der Waals surface area contributed by atoms with E-state index >= 15 is 0 Å². The van der Waals surface area contributed by atoms with E-state index in [0.29, 0.717) is 61.7 Å². The molecule has 1 heterocycles. The Morgan fingerprint density at radius 2 is 1.39 bits per heavy atom. The molecule has 12 heteroatoms. The number of benzene rings is 3. The number of piperidine rings is 1. The van der Waals surface area contributed by atoms with Crippen LogP contribution in [0.25, 0.3) is 11.1 Å². The van der Waals surface area contributed by atoms with Crippen LogP contribution in [0.4, 0.5) is 26.3 Å². The number of nitrogens with one attached hydrogen (secondary N) is 2. The average Bonchev–Trinajstić information content (AvgIpc) is 3.32. The Morgan fingerprint density at radius 3 is 2.00 bits per heavy atom. The van der Waals surface area contributed by atoms with Gasteiger partial charge in [-0.15, -0.1) is 11.8 Å². The van der Waals surface area contributed by atoms with Gasteiger partial charge >= 0.3 is 12.4 Å². The number of alkyl halides is 6. The summed E-state index contributed by atoms with van der Waals surface area (Å²) in [5.74, 6) is -2.12.